The van der Waals surface area contributed by atoms with E-state index in [0.717, 1.165) is 37.5 Å². The molecule has 1 heterocycles. The number of hydrogen-bond donors (Lipinski definition) is 1. The number of rotatable bonds is 8. The van der Waals surface area contributed by atoms with E-state index in [0.29, 0.717) is 6.61 Å². The molecule has 0 aliphatic rings. The van der Waals surface area contributed by atoms with E-state index in [2.05, 4.69) is 42.5 Å². The highest BCUT2D eigenvalue weighted by atomic mass is 16.5. The van der Waals surface area contributed by atoms with Gasteiger partial charge in [0, 0.05) is 12.2 Å². The Kier molecular flexibility index (Phi) is 5.81. The van der Waals surface area contributed by atoms with Crippen LogP contribution >= 0.6 is 0 Å². The number of nitrogens with zero attached hydrogens (tertiary/aromatic N) is 2. The fourth-order valence-corrected chi connectivity index (χ4v) is 2.26. The van der Waals surface area contributed by atoms with Gasteiger partial charge in [0.05, 0.1) is 12.2 Å². The normalized spacial score (nSPS) is 10.8. The highest BCUT2D eigenvalue weighted by Gasteiger charge is 2.01. The minimum atomic E-state index is 0.634. The lowest BCUT2D eigenvalue weighted by atomic mass is 10.2. The molecule has 0 saturated carbocycles. The van der Waals surface area contributed by atoms with E-state index in [-0.39, 0.29) is 0 Å². The molecule has 0 fully saturated rings. The van der Waals surface area contributed by atoms with Gasteiger partial charge in [-0.05, 0) is 50.6 Å². The zero-order valence-corrected chi connectivity index (χ0v) is 13.2. The Hall–Kier alpha value is -1.81. The SMILES string of the molecule is CCCNCc1ccc(OCCn2nc(C)cc2C)cc1. The lowest BCUT2D eigenvalue weighted by molar-refractivity contribution is 0.289. The van der Waals surface area contributed by atoms with Gasteiger partial charge >= 0.3 is 0 Å². The van der Waals surface area contributed by atoms with E-state index in [1.165, 1.54) is 11.3 Å². The van der Waals surface area contributed by atoms with Gasteiger partial charge in [-0.25, -0.2) is 0 Å². The standard InChI is InChI=1S/C17H25N3O/c1-4-9-18-13-16-5-7-17(8-6-16)21-11-10-20-15(3)12-14(2)19-20/h5-8,12,18H,4,9-11,13H2,1-3H3. The molecule has 114 valence electrons. The maximum Gasteiger partial charge on any atom is 0.119 e. The number of ether oxygens (including phenoxy) is 1. The van der Waals surface area contributed by atoms with Crippen LogP contribution in [0.1, 0.15) is 30.3 Å². The smallest absolute Gasteiger partial charge is 0.119 e. The Morgan fingerprint density at radius 3 is 2.57 bits per heavy atom. The van der Waals surface area contributed by atoms with Crippen molar-refractivity contribution in [1.29, 1.82) is 0 Å². The van der Waals surface area contributed by atoms with Gasteiger partial charge in [-0.15, -0.1) is 0 Å². The maximum atomic E-state index is 5.77. The number of hydrogen-bond acceptors (Lipinski definition) is 3. The summed E-state index contributed by atoms with van der Waals surface area (Å²) < 4.78 is 7.76. The fourth-order valence-electron chi connectivity index (χ4n) is 2.26. The first-order chi connectivity index (χ1) is 10.2. The van der Waals surface area contributed by atoms with Crippen LogP contribution in [0.2, 0.25) is 0 Å². The minimum Gasteiger partial charge on any atom is -0.492 e. The monoisotopic (exact) mass is 287 g/mol. The molecule has 0 spiro atoms. The molecule has 0 amide bonds. The molecule has 0 bridgehead atoms. The maximum absolute atomic E-state index is 5.77. The molecule has 0 atom stereocenters. The third-order valence-corrected chi connectivity index (χ3v) is 3.35. The molecule has 21 heavy (non-hydrogen) atoms. The summed E-state index contributed by atoms with van der Waals surface area (Å²) in [6.07, 6.45) is 1.16. The lowest BCUT2D eigenvalue weighted by Gasteiger charge is -2.09. The topological polar surface area (TPSA) is 39.1 Å². The van der Waals surface area contributed by atoms with Gasteiger partial charge in [0.15, 0.2) is 0 Å². The lowest BCUT2D eigenvalue weighted by Crippen LogP contribution is -2.13. The molecule has 2 aromatic rings. The molecule has 0 saturated heterocycles. The second kappa shape index (κ2) is 7.84. The van der Waals surface area contributed by atoms with Gasteiger partial charge in [0.2, 0.25) is 0 Å². The molecule has 1 aromatic heterocycles. The van der Waals surface area contributed by atoms with Crippen molar-refractivity contribution in [3.63, 3.8) is 0 Å². The van der Waals surface area contributed by atoms with Crippen LogP contribution in [-0.4, -0.2) is 22.9 Å². The molecule has 0 radical (unpaired) electrons. The first-order valence-electron chi connectivity index (χ1n) is 7.62. The molecule has 0 unspecified atom stereocenters. The van der Waals surface area contributed by atoms with Crippen LogP contribution in [0.3, 0.4) is 0 Å². The first kappa shape index (κ1) is 15.6. The molecule has 1 aromatic carbocycles. The zero-order valence-electron chi connectivity index (χ0n) is 13.2. The number of aromatic nitrogens is 2. The van der Waals surface area contributed by atoms with Gasteiger partial charge in [0.25, 0.3) is 0 Å². The van der Waals surface area contributed by atoms with Crippen LogP contribution < -0.4 is 10.1 Å². The molecular formula is C17H25N3O. The molecule has 0 aliphatic carbocycles. The average Bonchev–Trinajstić information content (AvgIpc) is 2.79. The Morgan fingerprint density at radius 1 is 1.19 bits per heavy atom. The van der Waals surface area contributed by atoms with Crippen molar-refractivity contribution >= 4 is 0 Å². The third kappa shape index (κ3) is 4.90. The molecular weight excluding hydrogens is 262 g/mol. The fraction of sp³-hybridized carbons (Fsp3) is 0.471. The summed E-state index contributed by atoms with van der Waals surface area (Å²) >= 11 is 0. The molecule has 4 heteroatoms. The summed E-state index contributed by atoms with van der Waals surface area (Å²) in [6.45, 7) is 9.64. The predicted molar refractivity (Wildman–Crippen MR) is 85.6 cm³/mol. The van der Waals surface area contributed by atoms with Crippen molar-refractivity contribution in [2.45, 2.75) is 40.3 Å². The van der Waals surface area contributed by atoms with Gasteiger partial charge < -0.3 is 10.1 Å². The number of nitrogens with one attached hydrogen (secondary N) is 1. The highest BCUT2D eigenvalue weighted by Crippen LogP contribution is 2.12. The summed E-state index contributed by atoms with van der Waals surface area (Å²) in [7, 11) is 0. The number of aryl methyl sites for hydroxylation is 2. The summed E-state index contributed by atoms with van der Waals surface area (Å²) in [6, 6.07) is 10.4. The van der Waals surface area contributed by atoms with Crippen LogP contribution in [0.4, 0.5) is 0 Å². The van der Waals surface area contributed by atoms with Crippen LogP contribution in [0.25, 0.3) is 0 Å². The van der Waals surface area contributed by atoms with E-state index in [4.69, 9.17) is 4.74 Å². The first-order valence-corrected chi connectivity index (χ1v) is 7.62. The van der Waals surface area contributed by atoms with Gasteiger partial charge in [-0.2, -0.15) is 5.10 Å². The largest absolute Gasteiger partial charge is 0.492 e. The zero-order chi connectivity index (χ0) is 15.1. The Labute approximate surface area is 127 Å². The molecule has 1 N–H and O–H groups in total. The van der Waals surface area contributed by atoms with Crippen molar-refractivity contribution in [3.05, 3.63) is 47.3 Å². The van der Waals surface area contributed by atoms with Crippen LogP contribution in [0, 0.1) is 13.8 Å². The second-order valence-electron chi connectivity index (χ2n) is 5.32. The van der Waals surface area contributed by atoms with Gasteiger partial charge in [-0.3, -0.25) is 4.68 Å². The van der Waals surface area contributed by atoms with Crippen molar-refractivity contribution < 1.29 is 4.74 Å². The summed E-state index contributed by atoms with van der Waals surface area (Å²) in [5, 5.41) is 7.82. The predicted octanol–water partition coefficient (Wildman–Crippen LogP) is 3.08. The van der Waals surface area contributed by atoms with Crippen LogP contribution in [-0.2, 0) is 13.1 Å². The Morgan fingerprint density at radius 2 is 1.95 bits per heavy atom. The summed E-state index contributed by atoms with van der Waals surface area (Å²) in [5.74, 6) is 0.913. The molecule has 4 nitrogen and oxygen atoms in total. The third-order valence-electron chi connectivity index (χ3n) is 3.35. The average molecular weight is 287 g/mol. The van der Waals surface area contributed by atoms with E-state index in [9.17, 15) is 0 Å². The number of benzene rings is 1. The van der Waals surface area contributed by atoms with Crippen molar-refractivity contribution in [3.8, 4) is 5.75 Å². The van der Waals surface area contributed by atoms with E-state index in [1.54, 1.807) is 0 Å². The molecule has 2 rings (SSSR count). The quantitative estimate of drug-likeness (QED) is 0.758. The van der Waals surface area contributed by atoms with Gasteiger partial charge in [0.1, 0.15) is 12.4 Å². The van der Waals surface area contributed by atoms with Crippen LogP contribution in [0.5, 0.6) is 5.75 Å². The Balaban J connectivity index is 1.77. The van der Waals surface area contributed by atoms with Gasteiger partial charge in [-0.1, -0.05) is 19.1 Å². The van der Waals surface area contributed by atoms with Crippen molar-refractivity contribution in [2.75, 3.05) is 13.2 Å². The van der Waals surface area contributed by atoms with E-state index in [1.807, 2.05) is 23.7 Å². The van der Waals surface area contributed by atoms with Crippen molar-refractivity contribution in [2.24, 2.45) is 0 Å². The van der Waals surface area contributed by atoms with E-state index >= 15 is 0 Å². The van der Waals surface area contributed by atoms with Crippen LogP contribution in [0.15, 0.2) is 30.3 Å². The Bertz CT molecular complexity index is 546. The minimum absolute atomic E-state index is 0.634. The second-order valence-corrected chi connectivity index (χ2v) is 5.32. The summed E-state index contributed by atoms with van der Waals surface area (Å²) in [4.78, 5) is 0. The summed E-state index contributed by atoms with van der Waals surface area (Å²) in [5.41, 5.74) is 3.51. The van der Waals surface area contributed by atoms with Crippen molar-refractivity contribution in [1.82, 2.24) is 15.1 Å². The highest BCUT2D eigenvalue weighted by molar-refractivity contribution is 5.27. The van der Waals surface area contributed by atoms with E-state index < -0.39 is 0 Å². The molecule has 0 aliphatic heterocycles.